The maximum atomic E-state index is 12.1. The first kappa shape index (κ1) is 16.2. The smallest absolute Gasteiger partial charge is 0.395 e. The van der Waals surface area contributed by atoms with E-state index in [1.54, 1.807) is 0 Å². The number of carbonyl (C=O) groups is 1. The average molecular weight is 257 g/mol. The fraction of sp³-hybridized carbons (Fsp3) is 0.900. The van der Waals surface area contributed by atoms with Crippen molar-refractivity contribution in [3.05, 3.63) is 0 Å². The number of hydrogen-bond acceptors (Lipinski definition) is 3. The molecule has 102 valence electrons. The van der Waals surface area contributed by atoms with Crippen LogP contribution in [0.2, 0.25) is 0 Å². The molecule has 0 heterocycles. The van der Waals surface area contributed by atoms with Gasteiger partial charge in [0.05, 0.1) is 19.6 Å². The summed E-state index contributed by atoms with van der Waals surface area (Å²) in [5.41, 5.74) is 0. The molecule has 0 aliphatic carbocycles. The Kier molecular flexibility index (Phi) is 7.90. The normalized spacial score (nSPS) is 11.6. The Bertz CT molecular complexity index is 221. The first-order valence-electron chi connectivity index (χ1n) is 5.43. The van der Waals surface area contributed by atoms with E-state index in [4.69, 9.17) is 9.84 Å². The molecular weight excluding hydrogens is 239 g/mol. The van der Waals surface area contributed by atoms with Gasteiger partial charge in [-0.2, -0.15) is 13.2 Å². The van der Waals surface area contributed by atoms with Crippen LogP contribution in [-0.4, -0.2) is 55.0 Å². The van der Waals surface area contributed by atoms with Crippen LogP contribution in [0.5, 0.6) is 0 Å². The molecule has 1 amide bonds. The van der Waals surface area contributed by atoms with Crippen molar-refractivity contribution in [2.75, 3.05) is 32.9 Å². The minimum atomic E-state index is -4.45. The van der Waals surface area contributed by atoms with Gasteiger partial charge in [-0.25, -0.2) is 0 Å². The van der Waals surface area contributed by atoms with Gasteiger partial charge < -0.3 is 14.7 Å². The van der Waals surface area contributed by atoms with E-state index in [0.29, 0.717) is 11.5 Å². The van der Waals surface area contributed by atoms with Gasteiger partial charge in [0.1, 0.15) is 6.54 Å². The maximum absolute atomic E-state index is 12.1. The molecule has 17 heavy (non-hydrogen) atoms. The van der Waals surface area contributed by atoms with Gasteiger partial charge in [0, 0.05) is 13.2 Å². The van der Waals surface area contributed by atoms with Crippen molar-refractivity contribution in [1.82, 2.24) is 4.90 Å². The fourth-order valence-corrected chi connectivity index (χ4v) is 1.19. The number of rotatable bonds is 8. The predicted octanol–water partition coefficient (Wildman–Crippen LogP) is 1.19. The number of aliphatic hydroxyl groups excluding tert-OH is 1. The zero-order chi connectivity index (χ0) is 13.3. The van der Waals surface area contributed by atoms with Crippen LogP contribution < -0.4 is 0 Å². The van der Waals surface area contributed by atoms with E-state index < -0.39 is 25.2 Å². The second kappa shape index (κ2) is 8.30. The number of carbonyl (C=O) groups excluding carboxylic acids is 1. The summed E-state index contributed by atoms with van der Waals surface area (Å²) in [6, 6.07) is 0. The maximum Gasteiger partial charge on any atom is 0.406 e. The van der Waals surface area contributed by atoms with Gasteiger partial charge in [0.25, 0.3) is 0 Å². The number of halogens is 3. The highest BCUT2D eigenvalue weighted by Gasteiger charge is 2.32. The van der Waals surface area contributed by atoms with Crippen molar-refractivity contribution >= 4 is 5.91 Å². The van der Waals surface area contributed by atoms with Crippen LogP contribution in [0.4, 0.5) is 13.2 Å². The molecule has 0 saturated carbocycles. The third-order valence-electron chi connectivity index (χ3n) is 1.90. The van der Waals surface area contributed by atoms with Crippen molar-refractivity contribution in [2.24, 2.45) is 0 Å². The van der Waals surface area contributed by atoms with E-state index in [-0.39, 0.29) is 19.6 Å². The summed E-state index contributed by atoms with van der Waals surface area (Å²) in [4.78, 5) is 12.0. The number of nitrogens with zero attached hydrogens (tertiary/aromatic N) is 1. The third kappa shape index (κ3) is 8.93. The highest BCUT2D eigenvalue weighted by atomic mass is 19.4. The number of hydrogen-bond donors (Lipinski definition) is 1. The van der Waals surface area contributed by atoms with Gasteiger partial charge in [-0.1, -0.05) is 6.92 Å². The number of ether oxygens (including phenoxy) is 1. The van der Waals surface area contributed by atoms with Crippen molar-refractivity contribution in [1.29, 1.82) is 0 Å². The van der Waals surface area contributed by atoms with E-state index in [1.165, 1.54) is 0 Å². The molecule has 7 heteroatoms. The quantitative estimate of drug-likeness (QED) is 0.664. The molecule has 0 radical (unpaired) electrons. The molecule has 0 aliphatic rings. The lowest BCUT2D eigenvalue weighted by atomic mass is 10.3. The average Bonchev–Trinajstić information content (AvgIpc) is 2.21. The first-order chi connectivity index (χ1) is 7.90. The van der Waals surface area contributed by atoms with Gasteiger partial charge in [-0.3, -0.25) is 4.79 Å². The van der Waals surface area contributed by atoms with Crippen LogP contribution in [0.1, 0.15) is 19.8 Å². The Labute approximate surface area is 98.3 Å². The lowest BCUT2D eigenvalue weighted by Crippen LogP contribution is -2.41. The van der Waals surface area contributed by atoms with Gasteiger partial charge in [0.2, 0.25) is 5.91 Å². The summed E-state index contributed by atoms with van der Waals surface area (Å²) in [5.74, 6) is -0.660. The summed E-state index contributed by atoms with van der Waals surface area (Å²) in [5, 5.41) is 8.60. The molecule has 0 fully saturated rings. The van der Waals surface area contributed by atoms with Crippen molar-refractivity contribution in [3.8, 4) is 0 Å². The number of amides is 1. The topological polar surface area (TPSA) is 49.8 Å². The number of alkyl halides is 3. The minimum Gasteiger partial charge on any atom is -0.395 e. The standard InChI is InChI=1S/C10H18F3NO3/c1-2-6-17-7-3-9(16)14(4-5-15)8-10(11,12)13/h15H,2-8H2,1H3. The lowest BCUT2D eigenvalue weighted by Gasteiger charge is -2.23. The molecule has 0 bridgehead atoms. The Morgan fingerprint density at radius 2 is 2.00 bits per heavy atom. The van der Waals surface area contributed by atoms with E-state index in [2.05, 4.69) is 0 Å². The highest BCUT2D eigenvalue weighted by molar-refractivity contribution is 5.76. The van der Waals surface area contributed by atoms with Crippen LogP contribution in [0.3, 0.4) is 0 Å². The van der Waals surface area contributed by atoms with Crippen LogP contribution >= 0.6 is 0 Å². The van der Waals surface area contributed by atoms with E-state index in [1.807, 2.05) is 6.92 Å². The fourth-order valence-electron chi connectivity index (χ4n) is 1.19. The van der Waals surface area contributed by atoms with Crippen LogP contribution in [0.25, 0.3) is 0 Å². The molecule has 0 aromatic heterocycles. The van der Waals surface area contributed by atoms with E-state index in [0.717, 1.165) is 6.42 Å². The van der Waals surface area contributed by atoms with Gasteiger partial charge >= 0.3 is 6.18 Å². The van der Waals surface area contributed by atoms with Gasteiger partial charge in [-0.05, 0) is 6.42 Å². The predicted molar refractivity (Wildman–Crippen MR) is 55.4 cm³/mol. The molecule has 0 spiro atoms. The first-order valence-corrected chi connectivity index (χ1v) is 5.43. The van der Waals surface area contributed by atoms with Crippen LogP contribution in [0, 0.1) is 0 Å². The van der Waals surface area contributed by atoms with Crippen LogP contribution in [0.15, 0.2) is 0 Å². The number of aliphatic hydroxyl groups is 1. The molecule has 0 unspecified atom stereocenters. The Hall–Kier alpha value is -0.820. The lowest BCUT2D eigenvalue weighted by molar-refractivity contribution is -0.162. The van der Waals surface area contributed by atoms with E-state index in [9.17, 15) is 18.0 Å². The molecule has 0 aromatic carbocycles. The zero-order valence-electron chi connectivity index (χ0n) is 9.79. The third-order valence-corrected chi connectivity index (χ3v) is 1.90. The Balaban J connectivity index is 4.06. The minimum absolute atomic E-state index is 0.101. The molecule has 4 nitrogen and oxygen atoms in total. The van der Waals surface area contributed by atoms with Gasteiger partial charge in [0.15, 0.2) is 0 Å². The molecule has 0 atom stereocenters. The molecule has 1 N–H and O–H groups in total. The zero-order valence-corrected chi connectivity index (χ0v) is 9.79. The molecular formula is C10H18F3NO3. The molecule has 0 aliphatic heterocycles. The van der Waals surface area contributed by atoms with Gasteiger partial charge in [-0.15, -0.1) is 0 Å². The monoisotopic (exact) mass is 257 g/mol. The molecule has 0 saturated heterocycles. The van der Waals surface area contributed by atoms with Crippen LogP contribution in [-0.2, 0) is 9.53 Å². The summed E-state index contributed by atoms with van der Waals surface area (Å²) in [6.07, 6.45) is -3.76. The summed E-state index contributed by atoms with van der Waals surface area (Å²) < 4.78 is 41.4. The highest BCUT2D eigenvalue weighted by Crippen LogP contribution is 2.16. The second-order valence-electron chi connectivity index (χ2n) is 3.52. The van der Waals surface area contributed by atoms with Crippen molar-refractivity contribution in [3.63, 3.8) is 0 Å². The summed E-state index contributed by atoms with van der Waals surface area (Å²) in [6.45, 7) is 0.340. The Morgan fingerprint density at radius 1 is 1.35 bits per heavy atom. The Morgan fingerprint density at radius 3 is 2.47 bits per heavy atom. The molecule has 0 aromatic rings. The summed E-state index contributed by atoms with van der Waals surface area (Å²) in [7, 11) is 0. The van der Waals surface area contributed by atoms with E-state index >= 15 is 0 Å². The van der Waals surface area contributed by atoms with Crippen molar-refractivity contribution in [2.45, 2.75) is 25.9 Å². The van der Waals surface area contributed by atoms with Crippen molar-refractivity contribution < 1.29 is 27.8 Å². The second-order valence-corrected chi connectivity index (χ2v) is 3.52. The largest absolute Gasteiger partial charge is 0.406 e. The summed E-state index contributed by atoms with van der Waals surface area (Å²) >= 11 is 0. The SMILES string of the molecule is CCCOCCC(=O)N(CCO)CC(F)(F)F. The molecule has 0 rings (SSSR count).